The van der Waals surface area contributed by atoms with Gasteiger partial charge in [0.1, 0.15) is 18.2 Å². The van der Waals surface area contributed by atoms with E-state index in [2.05, 4.69) is 37.6 Å². The van der Waals surface area contributed by atoms with Crippen molar-refractivity contribution in [1.29, 1.82) is 0 Å². The third kappa shape index (κ3) is 5.32. The van der Waals surface area contributed by atoms with Gasteiger partial charge in [0.05, 0.1) is 25.0 Å². The first-order chi connectivity index (χ1) is 15.7. The predicted octanol–water partition coefficient (Wildman–Crippen LogP) is 2.76. The summed E-state index contributed by atoms with van der Waals surface area (Å²) in [6, 6.07) is 2.34. The van der Waals surface area contributed by atoms with E-state index in [0.717, 1.165) is 69.1 Å². The largest absolute Gasteiger partial charge is 0.490 e. The van der Waals surface area contributed by atoms with Gasteiger partial charge in [0, 0.05) is 37.3 Å². The Balaban J connectivity index is 0.00000119. The topological polar surface area (TPSA) is 84.3 Å². The Labute approximate surface area is 190 Å². The third-order valence-corrected chi connectivity index (χ3v) is 5.85. The van der Waals surface area contributed by atoms with Crippen LogP contribution in [0.25, 0.3) is 0 Å². The van der Waals surface area contributed by atoms with Crippen molar-refractivity contribution in [3.8, 4) is 6.01 Å². The van der Waals surface area contributed by atoms with Crippen LogP contribution >= 0.6 is 0 Å². The van der Waals surface area contributed by atoms with Gasteiger partial charge in [-0.1, -0.05) is 13.8 Å². The molecule has 32 heavy (non-hydrogen) atoms. The number of hydrogen-bond donors (Lipinski definition) is 1. The van der Waals surface area contributed by atoms with E-state index in [4.69, 9.17) is 14.2 Å². The molecule has 9 nitrogen and oxygen atoms in total. The van der Waals surface area contributed by atoms with Gasteiger partial charge in [-0.15, -0.1) is 0 Å². The lowest BCUT2D eigenvalue weighted by atomic mass is 9.95. The second kappa shape index (κ2) is 10.7. The number of nitrogens with one attached hydrogen (secondary N) is 1. The summed E-state index contributed by atoms with van der Waals surface area (Å²) in [6.07, 6.45) is 11.6. The Morgan fingerprint density at radius 1 is 1.06 bits per heavy atom. The van der Waals surface area contributed by atoms with E-state index in [-0.39, 0.29) is 18.4 Å². The van der Waals surface area contributed by atoms with Crippen LogP contribution in [0.15, 0.2) is 41.0 Å². The fourth-order valence-electron chi connectivity index (χ4n) is 4.21. The van der Waals surface area contributed by atoms with Crippen molar-refractivity contribution in [3.63, 3.8) is 0 Å². The van der Waals surface area contributed by atoms with Crippen molar-refractivity contribution >= 4 is 6.34 Å². The first-order valence-corrected chi connectivity index (χ1v) is 11.7. The summed E-state index contributed by atoms with van der Waals surface area (Å²) in [7, 11) is 0. The molecule has 1 N–H and O–H groups in total. The average Bonchev–Trinajstić information content (AvgIpc) is 3.31. The Morgan fingerprint density at radius 2 is 1.78 bits per heavy atom. The van der Waals surface area contributed by atoms with E-state index in [1.807, 2.05) is 31.8 Å². The second-order valence-electron chi connectivity index (χ2n) is 8.00. The van der Waals surface area contributed by atoms with Crippen LogP contribution in [0.4, 0.5) is 0 Å². The molecule has 0 radical (unpaired) electrons. The molecule has 5 rings (SSSR count). The molecular weight excluding hydrogens is 408 g/mol. The van der Waals surface area contributed by atoms with Crippen LogP contribution in [-0.4, -0.2) is 70.9 Å². The number of fused-ring (bicyclic) bond motifs is 1. The van der Waals surface area contributed by atoms with Crippen LogP contribution in [0.3, 0.4) is 0 Å². The van der Waals surface area contributed by atoms with Crippen LogP contribution in [0.2, 0.25) is 0 Å². The molecule has 2 fully saturated rings. The molecule has 0 amide bonds. The van der Waals surface area contributed by atoms with Crippen molar-refractivity contribution in [2.45, 2.75) is 64.8 Å². The molecule has 1 saturated heterocycles. The van der Waals surface area contributed by atoms with Gasteiger partial charge in [0.15, 0.2) is 6.17 Å². The highest BCUT2D eigenvalue weighted by Crippen LogP contribution is 2.31. The first-order valence-electron chi connectivity index (χ1n) is 11.7. The zero-order chi connectivity index (χ0) is 22.3. The lowest BCUT2D eigenvalue weighted by molar-refractivity contribution is 0.0187. The minimum absolute atomic E-state index is 0.135. The van der Waals surface area contributed by atoms with Gasteiger partial charge < -0.3 is 19.1 Å². The minimum atomic E-state index is -0.135. The summed E-state index contributed by atoms with van der Waals surface area (Å²) in [5.74, 6) is 0.895. The molecule has 0 spiro atoms. The number of aromatic nitrogens is 2. The van der Waals surface area contributed by atoms with E-state index >= 15 is 0 Å². The number of aliphatic imine (C=N–C) groups is 1. The molecule has 3 aliphatic heterocycles. The van der Waals surface area contributed by atoms with E-state index in [9.17, 15) is 0 Å². The van der Waals surface area contributed by atoms with E-state index in [0.29, 0.717) is 6.01 Å². The molecule has 1 aromatic heterocycles. The highest BCUT2D eigenvalue weighted by Gasteiger charge is 2.33. The van der Waals surface area contributed by atoms with Crippen molar-refractivity contribution < 1.29 is 14.2 Å². The van der Waals surface area contributed by atoms with Crippen molar-refractivity contribution in [2.75, 3.05) is 26.3 Å². The standard InChI is InChI=1S/C21H28N6O3.C2H6/c1-15-6-7-22-21(25-15)30-18-4-2-17(3-5-18)29-19-12-16(26-8-10-28-11-9-26)13-27-20(19)23-14-24-27;1-2/h6-7,12-14,17-18,20H,2-5,8-11H2,1H3,(H,23,24);1-2H3. The van der Waals surface area contributed by atoms with Crippen LogP contribution in [0.5, 0.6) is 6.01 Å². The van der Waals surface area contributed by atoms with Crippen LogP contribution in [0.1, 0.15) is 45.2 Å². The molecule has 4 aliphatic rings. The molecule has 1 aliphatic carbocycles. The Bertz CT molecular complexity index is 844. The molecule has 0 aromatic carbocycles. The van der Waals surface area contributed by atoms with Gasteiger partial charge >= 0.3 is 6.01 Å². The summed E-state index contributed by atoms with van der Waals surface area (Å²) < 4.78 is 17.9. The number of nitrogens with zero attached hydrogens (tertiary/aromatic N) is 5. The molecule has 0 bridgehead atoms. The smallest absolute Gasteiger partial charge is 0.316 e. The fraction of sp³-hybridized carbons (Fsp3) is 0.609. The molecule has 1 atom stereocenters. The Morgan fingerprint density at radius 3 is 2.50 bits per heavy atom. The summed E-state index contributed by atoms with van der Waals surface area (Å²) in [5.41, 5.74) is 5.24. The van der Waals surface area contributed by atoms with E-state index in [1.165, 1.54) is 0 Å². The highest BCUT2D eigenvalue weighted by atomic mass is 16.5. The number of ether oxygens (including phenoxy) is 3. The summed E-state index contributed by atoms with van der Waals surface area (Å²) in [4.78, 5) is 15.4. The summed E-state index contributed by atoms with van der Waals surface area (Å²) >= 11 is 0. The molecule has 1 unspecified atom stereocenters. The second-order valence-corrected chi connectivity index (χ2v) is 8.00. The monoisotopic (exact) mass is 442 g/mol. The predicted molar refractivity (Wildman–Crippen MR) is 122 cm³/mol. The van der Waals surface area contributed by atoms with Crippen LogP contribution in [0, 0.1) is 6.92 Å². The number of allylic oxidation sites excluding steroid dienone is 1. The van der Waals surface area contributed by atoms with Gasteiger partial charge in [0.25, 0.3) is 0 Å². The molecule has 1 aromatic rings. The van der Waals surface area contributed by atoms with Crippen LogP contribution < -0.4 is 10.2 Å². The quantitative estimate of drug-likeness (QED) is 0.745. The van der Waals surface area contributed by atoms with Gasteiger partial charge in [-0.05, 0) is 38.7 Å². The van der Waals surface area contributed by atoms with Crippen LogP contribution in [-0.2, 0) is 9.47 Å². The number of morpholine rings is 1. The number of hydrazine groups is 1. The van der Waals surface area contributed by atoms with Crippen molar-refractivity contribution in [1.82, 2.24) is 25.3 Å². The Hall–Kier alpha value is -2.81. The normalized spacial score (nSPS) is 26.8. The third-order valence-electron chi connectivity index (χ3n) is 5.85. The maximum atomic E-state index is 6.47. The van der Waals surface area contributed by atoms with Crippen molar-refractivity contribution in [3.05, 3.63) is 41.7 Å². The van der Waals surface area contributed by atoms with Gasteiger partial charge in [0.2, 0.25) is 0 Å². The summed E-state index contributed by atoms with van der Waals surface area (Å²) in [6.45, 7) is 9.23. The molecule has 4 heterocycles. The Kier molecular flexibility index (Phi) is 7.47. The highest BCUT2D eigenvalue weighted by molar-refractivity contribution is 5.58. The lowest BCUT2D eigenvalue weighted by Crippen LogP contribution is -2.43. The fourth-order valence-corrected chi connectivity index (χ4v) is 4.21. The number of rotatable bonds is 5. The van der Waals surface area contributed by atoms with Crippen molar-refractivity contribution in [2.24, 2.45) is 4.99 Å². The summed E-state index contributed by atoms with van der Waals surface area (Å²) in [5, 5.41) is 2.00. The van der Waals surface area contributed by atoms with E-state index < -0.39 is 0 Å². The number of hydrogen-bond acceptors (Lipinski definition) is 9. The zero-order valence-corrected chi connectivity index (χ0v) is 19.2. The van der Waals surface area contributed by atoms with Gasteiger partial charge in [-0.25, -0.2) is 15.0 Å². The molecular formula is C23H34N6O3. The lowest BCUT2D eigenvalue weighted by Gasteiger charge is -2.37. The maximum absolute atomic E-state index is 6.47. The van der Waals surface area contributed by atoms with Gasteiger partial charge in [-0.3, -0.25) is 10.4 Å². The molecule has 9 heteroatoms. The van der Waals surface area contributed by atoms with E-state index in [1.54, 1.807) is 12.5 Å². The average molecular weight is 443 g/mol. The molecule has 174 valence electrons. The minimum Gasteiger partial charge on any atom is -0.490 e. The maximum Gasteiger partial charge on any atom is 0.316 e. The number of aryl methyl sites for hydroxylation is 1. The zero-order valence-electron chi connectivity index (χ0n) is 19.2. The SMILES string of the molecule is CC.Cc1ccnc(OC2CCC(OC3=CC(N4CCOCC4)=CN4NC=NC34)CC2)n1. The first kappa shape index (κ1) is 22.4. The molecule has 1 saturated carbocycles. The van der Waals surface area contributed by atoms with Gasteiger partial charge in [-0.2, -0.15) is 0 Å².